The molecule has 0 saturated heterocycles. The van der Waals surface area contributed by atoms with Gasteiger partial charge in [-0.05, 0) is 42.0 Å². The van der Waals surface area contributed by atoms with Gasteiger partial charge in [0.2, 0.25) is 0 Å². The molecule has 0 bridgehead atoms. The Balaban J connectivity index is 1.73. The number of aromatic carboxylic acids is 1. The van der Waals surface area contributed by atoms with Crippen LogP contribution in [0.2, 0.25) is 10.0 Å². The Hall–Kier alpha value is -2.89. The number of benzene rings is 3. The lowest BCUT2D eigenvalue weighted by molar-refractivity contribution is 0.0697. The van der Waals surface area contributed by atoms with Gasteiger partial charge in [0.25, 0.3) is 0 Å². The van der Waals surface area contributed by atoms with Gasteiger partial charge < -0.3 is 19.9 Å². The smallest absolute Gasteiger partial charge is 0.335 e. The highest BCUT2D eigenvalue weighted by Crippen LogP contribution is 2.28. The number of rotatable bonds is 8. The first kappa shape index (κ1) is 20.8. The van der Waals surface area contributed by atoms with Gasteiger partial charge in [0.15, 0.2) is 0 Å². The van der Waals surface area contributed by atoms with Crippen LogP contribution in [-0.4, -0.2) is 18.2 Å². The van der Waals surface area contributed by atoms with Crippen molar-refractivity contribution in [2.24, 2.45) is 0 Å². The minimum absolute atomic E-state index is 0.178. The van der Waals surface area contributed by atoms with Crippen LogP contribution in [0, 0.1) is 0 Å². The van der Waals surface area contributed by atoms with Crippen LogP contribution < -0.4 is 14.8 Å². The SMILES string of the molecule is COc1ccc(C(=O)O)cc1NCc1ccccc1OCc1ccc(Cl)c(Cl)c1. The molecule has 0 atom stereocenters. The molecule has 0 aliphatic carbocycles. The van der Waals surface area contributed by atoms with Gasteiger partial charge in [-0.2, -0.15) is 0 Å². The lowest BCUT2D eigenvalue weighted by atomic mass is 10.1. The van der Waals surface area contributed by atoms with Gasteiger partial charge in [-0.3, -0.25) is 0 Å². The number of para-hydroxylation sites is 1. The van der Waals surface area contributed by atoms with E-state index in [2.05, 4.69) is 5.32 Å². The lowest BCUT2D eigenvalue weighted by Crippen LogP contribution is -2.06. The van der Waals surface area contributed by atoms with Crippen LogP contribution in [0.3, 0.4) is 0 Å². The third-order valence-electron chi connectivity index (χ3n) is 4.27. The summed E-state index contributed by atoms with van der Waals surface area (Å²) in [6, 6.07) is 17.6. The first-order valence-electron chi connectivity index (χ1n) is 8.77. The highest BCUT2D eigenvalue weighted by Gasteiger charge is 2.10. The summed E-state index contributed by atoms with van der Waals surface area (Å²) in [5, 5.41) is 13.4. The maximum absolute atomic E-state index is 11.2. The molecule has 0 saturated carbocycles. The summed E-state index contributed by atoms with van der Waals surface area (Å²) in [6.07, 6.45) is 0. The van der Waals surface area contributed by atoms with E-state index < -0.39 is 5.97 Å². The number of halogens is 2. The molecule has 5 nitrogen and oxygen atoms in total. The van der Waals surface area contributed by atoms with Crippen molar-refractivity contribution in [2.45, 2.75) is 13.2 Å². The quantitative estimate of drug-likeness (QED) is 0.465. The molecule has 0 radical (unpaired) electrons. The second-order valence-electron chi connectivity index (χ2n) is 6.22. The summed E-state index contributed by atoms with van der Waals surface area (Å²) in [4.78, 5) is 11.2. The maximum atomic E-state index is 11.2. The van der Waals surface area contributed by atoms with Crippen molar-refractivity contribution >= 4 is 34.9 Å². The first-order chi connectivity index (χ1) is 14.0. The number of hydrogen-bond acceptors (Lipinski definition) is 4. The number of carboxylic acid groups (broad SMARTS) is 1. The molecule has 0 amide bonds. The number of ether oxygens (including phenoxy) is 2. The molecule has 0 aromatic heterocycles. The molecule has 0 aliphatic rings. The predicted octanol–water partition coefficient (Wildman–Crippen LogP) is 5.89. The third kappa shape index (κ3) is 5.34. The van der Waals surface area contributed by atoms with Gasteiger partial charge in [0.05, 0.1) is 28.4 Å². The standard InChI is InChI=1S/C22H19Cl2NO4/c1-28-21-9-7-15(22(26)27)11-19(21)25-12-16-4-2-3-5-20(16)29-13-14-6-8-17(23)18(24)10-14/h2-11,25H,12-13H2,1H3,(H,26,27). The fraction of sp³-hybridized carbons (Fsp3) is 0.136. The zero-order chi connectivity index (χ0) is 20.8. The van der Waals surface area contributed by atoms with E-state index in [4.69, 9.17) is 32.7 Å². The first-order valence-corrected chi connectivity index (χ1v) is 9.53. The van der Waals surface area contributed by atoms with Gasteiger partial charge in [-0.15, -0.1) is 0 Å². The summed E-state index contributed by atoms with van der Waals surface area (Å²) >= 11 is 12.0. The van der Waals surface area contributed by atoms with Gasteiger partial charge in [0.1, 0.15) is 18.1 Å². The maximum Gasteiger partial charge on any atom is 0.335 e. The summed E-state index contributed by atoms with van der Waals surface area (Å²) in [6.45, 7) is 0.767. The van der Waals surface area contributed by atoms with Crippen molar-refractivity contribution in [1.29, 1.82) is 0 Å². The molecule has 0 spiro atoms. The van der Waals surface area contributed by atoms with E-state index in [0.717, 1.165) is 11.1 Å². The van der Waals surface area contributed by atoms with Crippen molar-refractivity contribution in [3.05, 3.63) is 87.4 Å². The zero-order valence-electron chi connectivity index (χ0n) is 15.6. The Morgan fingerprint density at radius 1 is 1.00 bits per heavy atom. The molecule has 3 rings (SSSR count). The van der Waals surface area contributed by atoms with E-state index in [0.29, 0.717) is 40.4 Å². The van der Waals surface area contributed by atoms with Gasteiger partial charge in [0, 0.05) is 12.1 Å². The van der Waals surface area contributed by atoms with Crippen molar-refractivity contribution in [3.8, 4) is 11.5 Å². The summed E-state index contributed by atoms with van der Waals surface area (Å²) in [7, 11) is 1.54. The number of methoxy groups -OCH3 is 1. The van der Waals surface area contributed by atoms with Gasteiger partial charge >= 0.3 is 5.97 Å². The molecule has 0 fully saturated rings. The van der Waals surface area contributed by atoms with Crippen LogP contribution in [0.5, 0.6) is 11.5 Å². The summed E-state index contributed by atoms with van der Waals surface area (Å²) in [5.41, 5.74) is 2.58. The zero-order valence-corrected chi connectivity index (χ0v) is 17.1. The van der Waals surface area contributed by atoms with Crippen LogP contribution in [-0.2, 0) is 13.2 Å². The molecule has 150 valence electrons. The van der Waals surface area contributed by atoms with Crippen LogP contribution >= 0.6 is 23.2 Å². The van der Waals surface area contributed by atoms with E-state index in [1.165, 1.54) is 13.2 Å². The molecule has 2 N–H and O–H groups in total. The highest BCUT2D eigenvalue weighted by molar-refractivity contribution is 6.42. The number of anilines is 1. The molecule has 7 heteroatoms. The van der Waals surface area contributed by atoms with Crippen molar-refractivity contribution < 1.29 is 19.4 Å². The predicted molar refractivity (Wildman–Crippen MR) is 115 cm³/mol. The molecule has 3 aromatic carbocycles. The molecule has 0 aliphatic heterocycles. The molecule has 29 heavy (non-hydrogen) atoms. The van der Waals surface area contributed by atoms with Crippen molar-refractivity contribution in [2.75, 3.05) is 12.4 Å². The topological polar surface area (TPSA) is 67.8 Å². The average Bonchev–Trinajstić information content (AvgIpc) is 2.73. The lowest BCUT2D eigenvalue weighted by Gasteiger charge is -2.15. The van der Waals surface area contributed by atoms with Gasteiger partial charge in [-0.25, -0.2) is 4.79 Å². The molecular formula is C22H19Cl2NO4. The molecule has 0 unspecified atom stereocenters. The minimum atomic E-state index is -0.999. The average molecular weight is 432 g/mol. The third-order valence-corrected chi connectivity index (χ3v) is 5.01. The Morgan fingerprint density at radius 3 is 2.52 bits per heavy atom. The second-order valence-corrected chi connectivity index (χ2v) is 7.03. The normalized spacial score (nSPS) is 10.4. The summed E-state index contributed by atoms with van der Waals surface area (Å²) in [5.74, 6) is 0.268. The summed E-state index contributed by atoms with van der Waals surface area (Å²) < 4.78 is 11.3. The van der Waals surface area contributed by atoms with Gasteiger partial charge in [-0.1, -0.05) is 47.5 Å². The van der Waals surface area contributed by atoms with Crippen molar-refractivity contribution in [3.63, 3.8) is 0 Å². The number of nitrogens with one attached hydrogen (secondary N) is 1. The number of hydrogen-bond donors (Lipinski definition) is 2. The fourth-order valence-corrected chi connectivity index (χ4v) is 3.07. The second kappa shape index (κ2) is 9.54. The van der Waals surface area contributed by atoms with E-state index in [1.54, 1.807) is 24.3 Å². The van der Waals surface area contributed by atoms with E-state index in [9.17, 15) is 9.90 Å². The van der Waals surface area contributed by atoms with Crippen LogP contribution in [0.25, 0.3) is 0 Å². The fourth-order valence-electron chi connectivity index (χ4n) is 2.75. The largest absolute Gasteiger partial charge is 0.495 e. The van der Waals surface area contributed by atoms with E-state index >= 15 is 0 Å². The Kier molecular flexibility index (Phi) is 6.86. The number of carboxylic acids is 1. The van der Waals surface area contributed by atoms with E-state index in [-0.39, 0.29) is 5.56 Å². The van der Waals surface area contributed by atoms with Crippen molar-refractivity contribution in [1.82, 2.24) is 0 Å². The molecule has 3 aromatic rings. The Morgan fingerprint density at radius 2 is 1.79 bits per heavy atom. The number of carbonyl (C=O) groups is 1. The Labute approximate surface area is 178 Å². The monoisotopic (exact) mass is 431 g/mol. The highest BCUT2D eigenvalue weighted by atomic mass is 35.5. The van der Waals surface area contributed by atoms with Crippen LogP contribution in [0.1, 0.15) is 21.5 Å². The minimum Gasteiger partial charge on any atom is -0.495 e. The molecule has 0 heterocycles. The van der Waals surface area contributed by atoms with Crippen LogP contribution in [0.4, 0.5) is 5.69 Å². The van der Waals surface area contributed by atoms with Crippen LogP contribution in [0.15, 0.2) is 60.7 Å². The molecular weight excluding hydrogens is 413 g/mol. The Bertz CT molecular complexity index is 1020. The van der Waals surface area contributed by atoms with E-state index in [1.807, 2.05) is 30.3 Å².